The Morgan fingerprint density at radius 3 is 2.50 bits per heavy atom. The van der Waals surface area contributed by atoms with Gasteiger partial charge in [0.15, 0.2) is 0 Å². The summed E-state index contributed by atoms with van der Waals surface area (Å²) < 4.78 is 1.85. The highest BCUT2D eigenvalue weighted by atomic mass is 35.5. The van der Waals surface area contributed by atoms with Crippen molar-refractivity contribution in [1.29, 1.82) is 0 Å². The number of pyridine rings is 1. The molecule has 1 N–H and O–H groups in total. The number of carboxylic acids is 1. The molecule has 0 amide bonds. The van der Waals surface area contributed by atoms with Crippen LogP contribution in [0.15, 0.2) is 53.5 Å². The van der Waals surface area contributed by atoms with Gasteiger partial charge in [-0.1, -0.05) is 37.3 Å². The smallest absolute Gasteiger partial charge is 0.341 e. The maximum Gasteiger partial charge on any atom is 0.341 e. The van der Waals surface area contributed by atoms with Gasteiger partial charge >= 0.3 is 5.97 Å². The molecule has 5 nitrogen and oxygen atoms in total. The van der Waals surface area contributed by atoms with Crippen molar-refractivity contribution < 1.29 is 9.90 Å². The number of carboxylic acid groups (broad SMARTS) is 1. The summed E-state index contributed by atoms with van der Waals surface area (Å²) in [4.78, 5) is 26.9. The fraction of sp³-hybridized carbons (Fsp3) is 0.385. The van der Waals surface area contributed by atoms with Gasteiger partial charge in [0, 0.05) is 36.6 Å². The number of aromatic carboxylic acids is 1. The van der Waals surface area contributed by atoms with Gasteiger partial charge in [-0.25, -0.2) is 4.79 Å². The van der Waals surface area contributed by atoms with Crippen molar-refractivity contribution in [3.63, 3.8) is 0 Å². The quantitative estimate of drug-likeness (QED) is 0.414. The van der Waals surface area contributed by atoms with Crippen LogP contribution in [0.1, 0.15) is 49.2 Å². The van der Waals surface area contributed by atoms with Crippen molar-refractivity contribution in [2.75, 3.05) is 25.5 Å². The van der Waals surface area contributed by atoms with Gasteiger partial charge in [0.2, 0.25) is 5.43 Å². The molecule has 32 heavy (non-hydrogen) atoms. The molecule has 0 fully saturated rings. The van der Waals surface area contributed by atoms with E-state index in [0.717, 1.165) is 49.1 Å². The highest BCUT2D eigenvalue weighted by Gasteiger charge is 2.16. The van der Waals surface area contributed by atoms with Crippen LogP contribution in [-0.2, 0) is 6.42 Å². The Labute approximate surface area is 194 Å². The van der Waals surface area contributed by atoms with Gasteiger partial charge in [-0.15, -0.1) is 11.6 Å². The lowest BCUT2D eigenvalue weighted by Crippen LogP contribution is -2.28. The molecule has 0 radical (unpaired) electrons. The van der Waals surface area contributed by atoms with Crippen LogP contribution in [-0.4, -0.2) is 46.1 Å². The molecule has 0 saturated heterocycles. The van der Waals surface area contributed by atoms with E-state index in [1.165, 1.54) is 11.8 Å². The van der Waals surface area contributed by atoms with Gasteiger partial charge in [-0.05, 0) is 62.1 Å². The van der Waals surface area contributed by atoms with Crippen molar-refractivity contribution in [3.05, 3.63) is 70.0 Å². The maximum absolute atomic E-state index is 12.9. The molecule has 3 rings (SSSR count). The van der Waals surface area contributed by atoms with Crippen LogP contribution >= 0.6 is 11.6 Å². The number of fused-ring (bicyclic) bond motifs is 1. The zero-order chi connectivity index (χ0) is 23.3. The predicted molar refractivity (Wildman–Crippen MR) is 132 cm³/mol. The molecule has 3 aromatic rings. The Morgan fingerprint density at radius 2 is 1.84 bits per heavy atom. The number of carbonyl (C=O) groups is 1. The molecule has 0 saturated carbocycles. The summed E-state index contributed by atoms with van der Waals surface area (Å²) in [6, 6.07) is 14.1. The summed E-state index contributed by atoms with van der Waals surface area (Å²) in [5.41, 5.74) is 3.23. The van der Waals surface area contributed by atoms with Crippen LogP contribution in [0.3, 0.4) is 0 Å². The molecule has 170 valence electrons. The molecule has 0 atom stereocenters. The molecule has 0 unspecified atom stereocenters. The first-order valence-electron chi connectivity index (χ1n) is 11.2. The second-order valence-corrected chi connectivity index (χ2v) is 8.77. The number of hydrogen-bond donors (Lipinski definition) is 1. The van der Waals surface area contributed by atoms with Crippen molar-refractivity contribution in [3.8, 4) is 11.1 Å². The summed E-state index contributed by atoms with van der Waals surface area (Å²) in [6.07, 6.45) is 3.46. The van der Waals surface area contributed by atoms with E-state index in [9.17, 15) is 14.7 Å². The Morgan fingerprint density at radius 1 is 1.09 bits per heavy atom. The average Bonchev–Trinajstić information content (AvgIpc) is 2.77. The molecular weight excluding hydrogens is 424 g/mol. The van der Waals surface area contributed by atoms with Crippen LogP contribution < -0.4 is 5.43 Å². The van der Waals surface area contributed by atoms with E-state index in [-0.39, 0.29) is 11.6 Å². The first-order chi connectivity index (χ1) is 15.3. The van der Waals surface area contributed by atoms with Crippen molar-refractivity contribution >= 4 is 28.5 Å². The standard InChI is InChI=1S/C26H31ClN2O3/c1-4-12-28(14-11-27)13-10-19-6-5-7-20(15-19)21-8-9-24-22(16-21)25(30)23(26(31)32)17-29(24)18(2)3/h5-9,15-18H,4,10-14H2,1-3H3,(H,31,32). The van der Waals surface area contributed by atoms with E-state index in [1.54, 1.807) is 0 Å². The minimum atomic E-state index is -1.20. The second kappa shape index (κ2) is 10.8. The topological polar surface area (TPSA) is 62.5 Å². The molecular formula is C26H31ClN2O3. The number of halogens is 1. The monoisotopic (exact) mass is 454 g/mol. The largest absolute Gasteiger partial charge is 0.477 e. The number of hydrogen-bond acceptors (Lipinski definition) is 3. The van der Waals surface area contributed by atoms with Gasteiger partial charge in [-0.2, -0.15) is 0 Å². The highest BCUT2D eigenvalue weighted by molar-refractivity contribution is 6.18. The molecule has 0 aliphatic heterocycles. The zero-order valence-electron chi connectivity index (χ0n) is 19.0. The van der Waals surface area contributed by atoms with Gasteiger partial charge < -0.3 is 14.6 Å². The second-order valence-electron chi connectivity index (χ2n) is 8.39. The SMILES string of the molecule is CCCN(CCCl)CCc1cccc(-c2ccc3c(c2)c(=O)c(C(=O)O)cn3C(C)C)c1. The van der Waals surface area contributed by atoms with Crippen LogP contribution in [0.2, 0.25) is 0 Å². The first-order valence-corrected chi connectivity index (χ1v) is 11.7. The molecule has 0 aliphatic carbocycles. The summed E-state index contributed by atoms with van der Waals surface area (Å²) in [5, 5.41) is 9.94. The van der Waals surface area contributed by atoms with Crippen molar-refractivity contribution in [1.82, 2.24) is 9.47 Å². The Hall–Kier alpha value is -2.63. The third kappa shape index (κ3) is 5.40. The van der Waals surface area contributed by atoms with Crippen LogP contribution in [0.5, 0.6) is 0 Å². The number of aromatic nitrogens is 1. The first kappa shape index (κ1) is 24.0. The van der Waals surface area contributed by atoms with Gasteiger partial charge in [-0.3, -0.25) is 4.79 Å². The number of benzene rings is 2. The summed E-state index contributed by atoms with van der Waals surface area (Å²) in [7, 11) is 0. The van der Waals surface area contributed by atoms with E-state index in [4.69, 9.17) is 11.6 Å². The van der Waals surface area contributed by atoms with Crippen LogP contribution in [0.4, 0.5) is 0 Å². The summed E-state index contributed by atoms with van der Waals surface area (Å²) >= 11 is 5.94. The maximum atomic E-state index is 12.9. The highest BCUT2D eigenvalue weighted by Crippen LogP contribution is 2.26. The molecule has 0 bridgehead atoms. The van der Waals surface area contributed by atoms with Crippen LogP contribution in [0, 0.1) is 0 Å². The van der Waals surface area contributed by atoms with Gasteiger partial charge in [0.05, 0.1) is 5.52 Å². The Bertz CT molecular complexity index is 1150. The number of rotatable bonds is 10. The molecule has 1 heterocycles. The number of nitrogens with zero attached hydrogens (tertiary/aromatic N) is 2. The average molecular weight is 455 g/mol. The lowest BCUT2D eigenvalue weighted by atomic mass is 9.99. The molecule has 6 heteroatoms. The third-order valence-corrected chi connectivity index (χ3v) is 5.91. The molecule has 0 aliphatic rings. The van der Waals surface area contributed by atoms with E-state index in [2.05, 4.69) is 24.0 Å². The normalized spacial score (nSPS) is 11.6. The third-order valence-electron chi connectivity index (χ3n) is 5.74. The lowest BCUT2D eigenvalue weighted by molar-refractivity contribution is 0.0694. The van der Waals surface area contributed by atoms with Crippen LogP contribution in [0.25, 0.3) is 22.0 Å². The Balaban J connectivity index is 1.98. The van der Waals surface area contributed by atoms with Gasteiger partial charge in [0.1, 0.15) is 5.56 Å². The molecule has 1 aromatic heterocycles. The van der Waals surface area contributed by atoms with E-state index in [1.807, 2.05) is 48.7 Å². The summed E-state index contributed by atoms with van der Waals surface area (Å²) in [5.74, 6) is -0.573. The Kier molecular flexibility index (Phi) is 8.10. The molecule has 2 aromatic carbocycles. The fourth-order valence-corrected chi connectivity index (χ4v) is 4.32. The van der Waals surface area contributed by atoms with E-state index in [0.29, 0.717) is 11.3 Å². The lowest BCUT2D eigenvalue weighted by Gasteiger charge is -2.20. The minimum Gasteiger partial charge on any atom is -0.477 e. The number of alkyl halides is 1. The minimum absolute atomic E-state index is 0.0319. The summed E-state index contributed by atoms with van der Waals surface area (Å²) in [6.45, 7) is 8.98. The van der Waals surface area contributed by atoms with E-state index < -0.39 is 11.4 Å². The van der Waals surface area contributed by atoms with Crippen molar-refractivity contribution in [2.24, 2.45) is 0 Å². The zero-order valence-corrected chi connectivity index (χ0v) is 19.7. The molecule has 0 spiro atoms. The van der Waals surface area contributed by atoms with E-state index >= 15 is 0 Å². The van der Waals surface area contributed by atoms with Gasteiger partial charge in [0.25, 0.3) is 0 Å². The predicted octanol–water partition coefficient (Wildman–Crippen LogP) is 5.44. The van der Waals surface area contributed by atoms with Crippen molar-refractivity contribution in [2.45, 2.75) is 39.7 Å². The fourth-order valence-electron chi connectivity index (χ4n) is 4.08.